The van der Waals surface area contributed by atoms with E-state index < -0.39 is 28.9 Å². The summed E-state index contributed by atoms with van der Waals surface area (Å²) in [5.74, 6) is 0. The molecule has 0 heterocycles. The van der Waals surface area contributed by atoms with E-state index in [1.54, 1.807) is 0 Å². The number of aliphatic hydroxyl groups is 1. The number of hydrogen-bond donors (Lipinski definition) is 4. The standard InChI is InChI=1S/C2H8O8P2/c3-1-2-9-12(7,8)10-11(4,5)6/h3H,1-2H2,(H,7,8)(H2,4,5,6). The maximum atomic E-state index is 10.5. The summed E-state index contributed by atoms with van der Waals surface area (Å²) in [6, 6.07) is 0. The van der Waals surface area contributed by atoms with Crippen LogP contribution in [0.1, 0.15) is 0 Å². The molecule has 4 N–H and O–H groups in total. The minimum absolute atomic E-state index is 0.548. The van der Waals surface area contributed by atoms with Crippen molar-refractivity contribution < 1.29 is 37.8 Å². The van der Waals surface area contributed by atoms with Gasteiger partial charge in [0.1, 0.15) is 0 Å². The normalized spacial score (nSPS) is 17.3. The fourth-order valence-electron chi connectivity index (χ4n) is 0.314. The lowest BCUT2D eigenvalue weighted by Crippen LogP contribution is -1.99. The first kappa shape index (κ1) is 12.2. The second-order valence-corrected chi connectivity index (χ2v) is 4.43. The van der Waals surface area contributed by atoms with Gasteiger partial charge in [0.05, 0.1) is 13.2 Å². The van der Waals surface area contributed by atoms with Crippen molar-refractivity contribution in [2.24, 2.45) is 0 Å². The van der Waals surface area contributed by atoms with Gasteiger partial charge in [-0.05, 0) is 0 Å². The Bertz CT molecular complexity index is 217. The molecule has 0 fully saturated rings. The first-order chi connectivity index (χ1) is 5.27. The molecule has 0 aliphatic rings. The van der Waals surface area contributed by atoms with Crippen LogP contribution in [0.25, 0.3) is 0 Å². The Morgan fingerprint density at radius 3 is 2.00 bits per heavy atom. The van der Waals surface area contributed by atoms with Crippen LogP contribution in [0.15, 0.2) is 0 Å². The van der Waals surface area contributed by atoms with Gasteiger partial charge in [-0.3, -0.25) is 4.52 Å². The maximum Gasteiger partial charge on any atom is 0.481 e. The van der Waals surface area contributed by atoms with Crippen molar-refractivity contribution in [3.63, 3.8) is 0 Å². The fourth-order valence-corrected chi connectivity index (χ4v) is 1.89. The van der Waals surface area contributed by atoms with Gasteiger partial charge in [-0.15, -0.1) is 0 Å². The Morgan fingerprint density at radius 2 is 1.67 bits per heavy atom. The van der Waals surface area contributed by atoms with Crippen LogP contribution in [-0.2, 0) is 18.0 Å². The van der Waals surface area contributed by atoms with Crippen LogP contribution in [-0.4, -0.2) is 33.0 Å². The van der Waals surface area contributed by atoms with Crippen LogP contribution in [0, 0.1) is 0 Å². The fraction of sp³-hybridized carbons (Fsp3) is 1.00. The van der Waals surface area contributed by atoms with E-state index in [4.69, 9.17) is 19.8 Å². The molecule has 0 radical (unpaired) electrons. The molecule has 0 saturated heterocycles. The first-order valence-corrected chi connectivity index (χ1v) is 5.64. The van der Waals surface area contributed by atoms with Gasteiger partial charge in [0.2, 0.25) is 0 Å². The Morgan fingerprint density at radius 1 is 1.17 bits per heavy atom. The topological polar surface area (TPSA) is 134 Å². The average Bonchev–Trinajstić information content (AvgIpc) is 1.78. The monoisotopic (exact) mass is 222 g/mol. The summed E-state index contributed by atoms with van der Waals surface area (Å²) in [7, 11) is -9.80. The first-order valence-electron chi connectivity index (χ1n) is 2.62. The molecule has 12 heavy (non-hydrogen) atoms. The highest BCUT2D eigenvalue weighted by Gasteiger charge is 2.31. The molecule has 0 rings (SSSR count). The number of aliphatic hydroxyl groups excluding tert-OH is 1. The zero-order valence-corrected chi connectivity index (χ0v) is 7.52. The van der Waals surface area contributed by atoms with Crippen molar-refractivity contribution >= 4 is 15.6 Å². The van der Waals surface area contributed by atoms with Crippen molar-refractivity contribution in [1.29, 1.82) is 0 Å². The SMILES string of the molecule is O=P(O)(O)OP(=O)(O)OCCO. The smallest absolute Gasteiger partial charge is 0.394 e. The van der Waals surface area contributed by atoms with Gasteiger partial charge in [0.25, 0.3) is 0 Å². The molecule has 74 valence electrons. The van der Waals surface area contributed by atoms with Gasteiger partial charge < -0.3 is 19.8 Å². The molecule has 0 aromatic carbocycles. The third kappa shape index (κ3) is 6.90. The number of phosphoric acid groups is 2. The zero-order chi connectivity index (χ0) is 9.83. The Kier molecular flexibility index (Phi) is 4.54. The number of hydrogen-bond acceptors (Lipinski definition) is 5. The largest absolute Gasteiger partial charge is 0.481 e. The highest BCUT2D eigenvalue weighted by Crippen LogP contribution is 2.57. The summed E-state index contributed by atoms with van der Waals surface area (Å²) in [5.41, 5.74) is 0. The van der Waals surface area contributed by atoms with Crippen molar-refractivity contribution in [2.75, 3.05) is 13.2 Å². The molecule has 8 nitrogen and oxygen atoms in total. The van der Waals surface area contributed by atoms with E-state index in [0.717, 1.165) is 0 Å². The summed E-state index contributed by atoms with van der Waals surface area (Å²) in [6.07, 6.45) is 0. The van der Waals surface area contributed by atoms with Crippen molar-refractivity contribution in [3.8, 4) is 0 Å². The quantitative estimate of drug-likeness (QED) is 0.444. The molecule has 10 heteroatoms. The van der Waals surface area contributed by atoms with E-state index in [1.807, 2.05) is 0 Å². The van der Waals surface area contributed by atoms with E-state index >= 15 is 0 Å². The van der Waals surface area contributed by atoms with Crippen molar-refractivity contribution in [3.05, 3.63) is 0 Å². The summed E-state index contributed by atoms with van der Waals surface area (Å²) in [4.78, 5) is 24.6. The molecule has 0 amide bonds. The minimum Gasteiger partial charge on any atom is -0.394 e. The molecule has 0 aliphatic carbocycles. The second-order valence-electron chi connectivity index (χ2n) is 1.60. The minimum atomic E-state index is -5.05. The lowest BCUT2D eigenvalue weighted by Gasteiger charge is -2.10. The lowest BCUT2D eigenvalue weighted by molar-refractivity contribution is 0.144. The molecule has 0 aromatic heterocycles. The van der Waals surface area contributed by atoms with Gasteiger partial charge in [-0.2, -0.15) is 4.31 Å². The van der Waals surface area contributed by atoms with Crippen LogP contribution in [0.3, 0.4) is 0 Å². The predicted octanol–water partition coefficient (Wildman–Crippen LogP) is -0.795. The lowest BCUT2D eigenvalue weighted by atomic mass is 10.8. The van der Waals surface area contributed by atoms with Crippen LogP contribution in [0.5, 0.6) is 0 Å². The van der Waals surface area contributed by atoms with Gasteiger partial charge in [-0.1, -0.05) is 0 Å². The molecule has 0 aliphatic heterocycles. The Labute approximate surface area is 67.6 Å². The number of phosphoric ester groups is 1. The molecule has 1 atom stereocenters. The molecule has 0 saturated carbocycles. The van der Waals surface area contributed by atoms with E-state index in [2.05, 4.69) is 8.83 Å². The molecule has 1 unspecified atom stereocenters. The van der Waals surface area contributed by atoms with Crippen LogP contribution >= 0.6 is 15.6 Å². The summed E-state index contributed by atoms with van der Waals surface area (Å²) >= 11 is 0. The van der Waals surface area contributed by atoms with Gasteiger partial charge >= 0.3 is 15.6 Å². The highest BCUT2D eigenvalue weighted by atomic mass is 31.3. The van der Waals surface area contributed by atoms with Crippen LogP contribution in [0.4, 0.5) is 0 Å². The predicted molar refractivity (Wildman–Crippen MR) is 36.0 cm³/mol. The van der Waals surface area contributed by atoms with Crippen LogP contribution < -0.4 is 0 Å². The molecular weight excluding hydrogens is 214 g/mol. The van der Waals surface area contributed by atoms with E-state index in [-0.39, 0.29) is 0 Å². The van der Waals surface area contributed by atoms with Gasteiger partial charge in [0.15, 0.2) is 0 Å². The molecular formula is C2H8O8P2. The Hall–Kier alpha value is 0.220. The second kappa shape index (κ2) is 4.45. The number of rotatable bonds is 5. The van der Waals surface area contributed by atoms with E-state index in [0.29, 0.717) is 0 Å². The van der Waals surface area contributed by atoms with Crippen LogP contribution in [0.2, 0.25) is 0 Å². The Balaban J connectivity index is 4.05. The third-order valence-electron chi connectivity index (χ3n) is 0.555. The van der Waals surface area contributed by atoms with Crippen molar-refractivity contribution in [1.82, 2.24) is 0 Å². The summed E-state index contributed by atoms with van der Waals surface area (Å²) in [6.45, 7) is -1.11. The summed E-state index contributed by atoms with van der Waals surface area (Å²) < 4.78 is 27.8. The van der Waals surface area contributed by atoms with Gasteiger partial charge in [0, 0.05) is 0 Å². The zero-order valence-electron chi connectivity index (χ0n) is 5.73. The molecule has 0 bridgehead atoms. The third-order valence-corrected chi connectivity index (χ3v) is 2.74. The van der Waals surface area contributed by atoms with Crippen molar-refractivity contribution in [2.45, 2.75) is 0 Å². The average molecular weight is 222 g/mol. The molecule has 0 aromatic rings. The van der Waals surface area contributed by atoms with E-state index in [1.165, 1.54) is 0 Å². The van der Waals surface area contributed by atoms with E-state index in [9.17, 15) is 9.13 Å². The van der Waals surface area contributed by atoms with Gasteiger partial charge in [-0.25, -0.2) is 9.13 Å². The maximum absolute atomic E-state index is 10.5. The highest BCUT2D eigenvalue weighted by molar-refractivity contribution is 7.60. The molecule has 0 spiro atoms. The summed E-state index contributed by atoms with van der Waals surface area (Å²) in [5, 5.41) is 8.12.